The lowest BCUT2D eigenvalue weighted by molar-refractivity contribution is 0.351. The molecule has 0 aromatic heterocycles. The first kappa shape index (κ1) is 16.5. The van der Waals surface area contributed by atoms with E-state index in [1.165, 1.54) is 5.56 Å². The molecule has 3 rings (SSSR count). The van der Waals surface area contributed by atoms with Crippen LogP contribution in [0.5, 0.6) is 23.0 Å². The largest absolute Gasteiger partial charge is 0.496 e. The smallest absolute Gasteiger partial charge is 0.161 e. The Morgan fingerprint density at radius 3 is 2.00 bits per heavy atom. The molecule has 24 heavy (non-hydrogen) atoms. The van der Waals surface area contributed by atoms with Crippen molar-refractivity contribution in [2.45, 2.75) is 12.5 Å². The zero-order valence-corrected chi connectivity index (χ0v) is 14.5. The first-order chi connectivity index (χ1) is 11.7. The van der Waals surface area contributed by atoms with E-state index in [1.54, 1.807) is 28.4 Å². The highest BCUT2D eigenvalue weighted by Gasteiger charge is 2.28. The minimum absolute atomic E-state index is 0.0281. The molecule has 0 spiro atoms. The van der Waals surface area contributed by atoms with E-state index in [4.69, 9.17) is 18.9 Å². The van der Waals surface area contributed by atoms with Gasteiger partial charge in [-0.15, -0.1) is 0 Å². The lowest BCUT2D eigenvalue weighted by atomic mass is 9.88. The van der Waals surface area contributed by atoms with Gasteiger partial charge in [0.15, 0.2) is 11.5 Å². The normalized spacial score (nSPS) is 16.2. The summed E-state index contributed by atoms with van der Waals surface area (Å²) < 4.78 is 22.1. The molecule has 1 heterocycles. The molecular formula is C19H23NO4. The molecule has 128 valence electrons. The minimum atomic E-state index is -0.0281. The number of hydrogen-bond donors (Lipinski definition) is 1. The van der Waals surface area contributed by atoms with Gasteiger partial charge in [0.2, 0.25) is 0 Å². The quantitative estimate of drug-likeness (QED) is 0.914. The first-order valence-corrected chi connectivity index (χ1v) is 7.92. The Labute approximate surface area is 142 Å². The fourth-order valence-corrected chi connectivity index (χ4v) is 3.31. The molecule has 1 atom stereocenters. The summed E-state index contributed by atoms with van der Waals surface area (Å²) in [5.74, 6) is 3.08. The van der Waals surface area contributed by atoms with Crippen LogP contribution < -0.4 is 24.3 Å². The lowest BCUT2D eigenvalue weighted by Gasteiger charge is -2.30. The summed E-state index contributed by atoms with van der Waals surface area (Å²) in [7, 11) is 6.67. The lowest BCUT2D eigenvalue weighted by Crippen LogP contribution is -2.31. The van der Waals surface area contributed by atoms with Gasteiger partial charge in [-0.25, -0.2) is 0 Å². The van der Waals surface area contributed by atoms with E-state index in [0.29, 0.717) is 0 Å². The molecule has 1 unspecified atom stereocenters. The number of fused-ring (bicyclic) bond motifs is 1. The van der Waals surface area contributed by atoms with Gasteiger partial charge in [-0.3, -0.25) is 0 Å². The van der Waals surface area contributed by atoms with Crippen molar-refractivity contribution in [1.82, 2.24) is 5.32 Å². The Bertz CT molecular complexity index is 707. The van der Waals surface area contributed by atoms with Gasteiger partial charge in [0.1, 0.15) is 11.5 Å². The SMILES string of the molecule is COc1cc2c(cc1OC)C(c1c(OC)cccc1OC)NCC2. The van der Waals surface area contributed by atoms with E-state index >= 15 is 0 Å². The van der Waals surface area contributed by atoms with Crippen molar-refractivity contribution >= 4 is 0 Å². The van der Waals surface area contributed by atoms with Crippen LogP contribution in [0.15, 0.2) is 30.3 Å². The summed E-state index contributed by atoms with van der Waals surface area (Å²) >= 11 is 0. The summed E-state index contributed by atoms with van der Waals surface area (Å²) in [6.07, 6.45) is 0.934. The van der Waals surface area contributed by atoms with Crippen molar-refractivity contribution in [2.75, 3.05) is 35.0 Å². The van der Waals surface area contributed by atoms with Gasteiger partial charge < -0.3 is 24.3 Å². The fourth-order valence-electron chi connectivity index (χ4n) is 3.31. The van der Waals surface area contributed by atoms with Crippen LogP contribution in [-0.2, 0) is 6.42 Å². The zero-order valence-electron chi connectivity index (χ0n) is 14.5. The monoisotopic (exact) mass is 329 g/mol. The molecule has 1 aliphatic rings. The van der Waals surface area contributed by atoms with E-state index in [1.807, 2.05) is 24.3 Å². The Morgan fingerprint density at radius 2 is 1.42 bits per heavy atom. The number of nitrogens with one attached hydrogen (secondary N) is 1. The Morgan fingerprint density at radius 1 is 0.833 bits per heavy atom. The summed E-state index contributed by atoms with van der Waals surface area (Å²) in [5, 5.41) is 3.57. The van der Waals surface area contributed by atoms with Gasteiger partial charge in [-0.1, -0.05) is 6.07 Å². The van der Waals surface area contributed by atoms with Crippen molar-refractivity contribution in [3.63, 3.8) is 0 Å². The average molecular weight is 329 g/mol. The van der Waals surface area contributed by atoms with Crippen LogP contribution in [0.4, 0.5) is 0 Å². The summed E-state index contributed by atoms with van der Waals surface area (Å²) in [4.78, 5) is 0. The predicted octanol–water partition coefficient (Wildman–Crippen LogP) is 2.96. The molecule has 5 heteroatoms. The number of ether oxygens (including phenoxy) is 4. The summed E-state index contributed by atoms with van der Waals surface area (Å²) in [6.45, 7) is 0.869. The highest BCUT2D eigenvalue weighted by atomic mass is 16.5. The van der Waals surface area contributed by atoms with Crippen molar-refractivity contribution in [1.29, 1.82) is 0 Å². The summed E-state index contributed by atoms with van der Waals surface area (Å²) in [6, 6.07) is 9.91. The Kier molecular flexibility index (Phi) is 4.81. The Balaban J connectivity index is 2.17. The molecular weight excluding hydrogens is 306 g/mol. The third-order valence-electron chi connectivity index (χ3n) is 4.45. The van der Waals surface area contributed by atoms with Gasteiger partial charge in [-0.2, -0.15) is 0 Å². The van der Waals surface area contributed by atoms with Crippen LogP contribution in [0.1, 0.15) is 22.7 Å². The van der Waals surface area contributed by atoms with Gasteiger partial charge in [-0.05, 0) is 41.8 Å². The van der Waals surface area contributed by atoms with Crippen LogP contribution in [0.2, 0.25) is 0 Å². The molecule has 2 aromatic rings. The maximum atomic E-state index is 5.58. The second-order valence-electron chi connectivity index (χ2n) is 5.62. The van der Waals surface area contributed by atoms with Crippen LogP contribution in [0, 0.1) is 0 Å². The van der Waals surface area contributed by atoms with Crippen LogP contribution in [-0.4, -0.2) is 35.0 Å². The number of methoxy groups -OCH3 is 4. The number of benzene rings is 2. The second-order valence-corrected chi connectivity index (χ2v) is 5.62. The van der Waals surface area contributed by atoms with Crippen molar-refractivity contribution < 1.29 is 18.9 Å². The fraction of sp³-hybridized carbons (Fsp3) is 0.368. The molecule has 0 saturated heterocycles. The number of rotatable bonds is 5. The Hall–Kier alpha value is -2.40. The second kappa shape index (κ2) is 7.01. The van der Waals surface area contributed by atoms with Gasteiger partial charge in [0, 0.05) is 6.54 Å². The molecule has 0 radical (unpaired) electrons. The number of hydrogen-bond acceptors (Lipinski definition) is 5. The molecule has 1 N–H and O–H groups in total. The van der Waals surface area contributed by atoms with E-state index < -0.39 is 0 Å². The molecule has 0 saturated carbocycles. The van der Waals surface area contributed by atoms with Crippen molar-refractivity contribution in [3.8, 4) is 23.0 Å². The average Bonchev–Trinajstić information content (AvgIpc) is 2.65. The first-order valence-electron chi connectivity index (χ1n) is 7.92. The third kappa shape index (κ3) is 2.76. The van der Waals surface area contributed by atoms with Crippen LogP contribution in [0.3, 0.4) is 0 Å². The molecule has 5 nitrogen and oxygen atoms in total. The highest BCUT2D eigenvalue weighted by Crippen LogP contribution is 2.42. The molecule has 1 aliphatic heterocycles. The van der Waals surface area contributed by atoms with E-state index in [-0.39, 0.29) is 6.04 Å². The third-order valence-corrected chi connectivity index (χ3v) is 4.45. The highest BCUT2D eigenvalue weighted by molar-refractivity contribution is 5.56. The molecule has 2 aromatic carbocycles. The predicted molar refractivity (Wildman–Crippen MR) is 92.6 cm³/mol. The maximum Gasteiger partial charge on any atom is 0.161 e. The van der Waals surface area contributed by atoms with E-state index in [2.05, 4.69) is 11.4 Å². The molecule has 0 bridgehead atoms. The maximum absolute atomic E-state index is 5.58. The van der Waals surface area contributed by atoms with Crippen molar-refractivity contribution in [2.24, 2.45) is 0 Å². The molecule has 0 aliphatic carbocycles. The standard InChI is InChI=1S/C19H23NO4/c1-21-14-6-5-7-15(22-2)18(14)19-13-11-17(24-4)16(23-3)10-12(13)8-9-20-19/h5-7,10-11,19-20H,8-9H2,1-4H3. The van der Waals surface area contributed by atoms with Crippen LogP contribution in [0.25, 0.3) is 0 Å². The summed E-state index contributed by atoms with van der Waals surface area (Å²) in [5.41, 5.74) is 3.39. The molecule has 0 fully saturated rings. The van der Waals surface area contributed by atoms with Crippen LogP contribution >= 0.6 is 0 Å². The zero-order chi connectivity index (χ0) is 17.1. The minimum Gasteiger partial charge on any atom is -0.496 e. The van der Waals surface area contributed by atoms with E-state index in [9.17, 15) is 0 Å². The van der Waals surface area contributed by atoms with Gasteiger partial charge in [0.25, 0.3) is 0 Å². The van der Waals surface area contributed by atoms with E-state index in [0.717, 1.165) is 47.1 Å². The van der Waals surface area contributed by atoms with Gasteiger partial charge in [0.05, 0.1) is 40.0 Å². The van der Waals surface area contributed by atoms with Gasteiger partial charge >= 0.3 is 0 Å². The topological polar surface area (TPSA) is 49.0 Å². The molecule has 0 amide bonds. The van der Waals surface area contributed by atoms with Crippen molar-refractivity contribution in [3.05, 3.63) is 47.0 Å².